The van der Waals surface area contributed by atoms with Crippen molar-refractivity contribution < 1.29 is 14.5 Å². The molecule has 0 aliphatic carbocycles. The van der Waals surface area contributed by atoms with Gasteiger partial charge in [-0.3, -0.25) is 14.9 Å². The highest BCUT2D eigenvalue weighted by atomic mass is 35.5. The minimum Gasteiger partial charge on any atom is -0.380 e. The van der Waals surface area contributed by atoms with Crippen molar-refractivity contribution in [3.8, 4) is 0 Å². The minimum atomic E-state index is -0.513. The Hall–Kier alpha value is -1.66. The van der Waals surface area contributed by atoms with Crippen LogP contribution in [0.5, 0.6) is 0 Å². The number of hydrogen-bond acceptors (Lipinski definition) is 4. The van der Waals surface area contributed by atoms with Gasteiger partial charge in [0.05, 0.1) is 16.4 Å². The summed E-state index contributed by atoms with van der Waals surface area (Å²) in [5.41, 5.74) is 0.298. The van der Waals surface area contributed by atoms with Crippen LogP contribution in [0.2, 0.25) is 0 Å². The average molecular weight is 301 g/mol. The van der Waals surface area contributed by atoms with Crippen molar-refractivity contribution in [3.05, 3.63) is 39.9 Å². The van der Waals surface area contributed by atoms with Crippen LogP contribution >= 0.6 is 11.6 Å². The predicted molar refractivity (Wildman–Crippen MR) is 76.2 cm³/mol. The average Bonchev–Trinajstić information content (AvgIpc) is 2.46. The van der Waals surface area contributed by atoms with Gasteiger partial charge in [-0.15, -0.1) is 11.6 Å². The quantitative estimate of drug-likeness (QED) is 0.476. The van der Waals surface area contributed by atoms with Crippen LogP contribution < -0.4 is 5.32 Å². The molecule has 0 unspecified atom stereocenters. The van der Waals surface area contributed by atoms with Crippen LogP contribution in [0.25, 0.3) is 0 Å². The monoisotopic (exact) mass is 300 g/mol. The second-order valence-electron chi connectivity index (χ2n) is 4.21. The van der Waals surface area contributed by atoms with E-state index in [4.69, 9.17) is 16.3 Å². The molecule has 0 fully saturated rings. The van der Waals surface area contributed by atoms with Crippen molar-refractivity contribution >= 4 is 23.2 Å². The van der Waals surface area contributed by atoms with Crippen molar-refractivity contribution in [1.29, 1.82) is 0 Å². The number of ether oxygens (including phenoxy) is 1. The van der Waals surface area contributed by atoms with Crippen molar-refractivity contribution in [2.45, 2.75) is 24.8 Å². The van der Waals surface area contributed by atoms with Crippen molar-refractivity contribution in [1.82, 2.24) is 5.32 Å². The number of hydrogen-bond donors (Lipinski definition) is 1. The van der Waals surface area contributed by atoms with Gasteiger partial charge in [0.2, 0.25) is 0 Å². The van der Waals surface area contributed by atoms with E-state index in [1.54, 1.807) is 7.11 Å². The molecule has 0 aromatic heterocycles. The molecule has 1 aromatic rings. The summed E-state index contributed by atoms with van der Waals surface area (Å²) < 4.78 is 5.18. The van der Waals surface area contributed by atoms with Gasteiger partial charge < -0.3 is 10.1 Å². The zero-order valence-electron chi connectivity index (χ0n) is 11.3. The summed E-state index contributed by atoms with van der Waals surface area (Å²) in [5.74, 6) is -0.323. The van der Waals surface area contributed by atoms with Gasteiger partial charge in [-0.1, -0.05) is 6.92 Å². The molecule has 0 spiro atoms. The van der Waals surface area contributed by atoms with Crippen LogP contribution in [0.4, 0.5) is 5.69 Å². The van der Waals surface area contributed by atoms with Crippen LogP contribution in [0, 0.1) is 10.1 Å². The Morgan fingerprint density at radius 1 is 1.45 bits per heavy atom. The number of rotatable bonds is 7. The van der Waals surface area contributed by atoms with E-state index < -0.39 is 4.92 Å². The van der Waals surface area contributed by atoms with Gasteiger partial charge in [0.1, 0.15) is 0 Å². The molecular formula is C13H17ClN2O4. The molecule has 0 aliphatic heterocycles. The van der Waals surface area contributed by atoms with E-state index in [9.17, 15) is 14.9 Å². The molecule has 0 bridgehead atoms. The first-order valence-corrected chi connectivity index (χ1v) is 6.62. The molecule has 1 rings (SSSR count). The zero-order valence-corrected chi connectivity index (χ0v) is 12.1. The standard InChI is InChI=1S/C13H17ClN2O4/c1-3-12(20-2)11(14)8-15-13(17)9-4-6-10(7-5-9)16(18)19/h4-7,11-12H,3,8H2,1-2H3,(H,15,17)/t11-,12+/m1/s1. The summed E-state index contributed by atoms with van der Waals surface area (Å²) in [6, 6.07) is 5.39. The number of carbonyl (C=O) groups is 1. The maximum atomic E-state index is 11.8. The normalized spacial score (nSPS) is 13.6. The van der Waals surface area contributed by atoms with E-state index in [-0.39, 0.29) is 29.6 Å². The Kier molecular flexibility index (Phi) is 6.41. The number of halogens is 1. The van der Waals surface area contributed by atoms with E-state index in [2.05, 4.69) is 5.32 Å². The summed E-state index contributed by atoms with van der Waals surface area (Å²) in [4.78, 5) is 21.8. The maximum absolute atomic E-state index is 11.8. The summed E-state index contributed by atoms with van der Waals surface area (Å²) in [5, 5.41) is 12.9. The second-order valence-corrected chi connectivity index (χ2v) is 4.77. The molecule has 0 aliphatic rings. The van der Waals surface area contributed by atoms with Gasteiger partial charge in [-0.2, -0.15) is 0 Å². The van der Waals surface area contributed by atoms with E-state index in [0.29, 0.717) is 5.56 Å². The zero-order chi connectivity index (χ0) is 15.1. The van der Waals surface area contributed by atoms with E-state index in [1.807, 2.05) is 6.92 Å². The molecule has 0 saturated carbocycles. The number of carbonyl (C=O) groups excluding carboxylic acids is 1. The predicted octanol–water partition coefficient (Wildman–Crippen LogP) is 2.36. The third-order valence-corrected chi connectivity index (χ3v) is 3.34. The van der Waals surface area contributed by atoms with E-state index in [1.165, 1.54) is 24.3 Å². The Morgan fingerprint density at radius 2 is 2.05 bits per heavy atom. The molecule has 0 heterocycles. The molecule has 0 saturated heterocycles. The number of non-ortho nitro benzene ring substituents is 1. The van der Waals surface area contributed by atoms with Crippen LogP contribution in [-0.2, 0) is 4.74 Å². The SMILES string of the molecule is CC[C@H](OC)[C@H](Cl)CNC(=O)c1ccc([N+](=O)[O-])cc1. The number of nitro groups is 1. The first kappa shape index (κ1) is 16.4. The van der Waals surface area contributed by atoms with Crippen molar-refractivity contribution in [3.63, 3.8) is 0 Å². The molecule has 110 valence electrons. The molecule has 1 amide bonds. The topological polar surface area (TPSA) is 81.5 Å². The number of nitro benzene ring substituents is 1. The van der Waals surface area contributed by atoms with Gasteiger partial charge in [-0.25, -0.2) is 0 Å². The highest BCUT2D eigenvalue weighted by Gasteiger charge is 2.18. The Balaban J connectivity index is 2.56. The lowest BCUT2D eigenvalue weighted by Crippen LogP contribution is -2.36. The van der Waals surface area contributed by atoms with Gasteiger partial charge >= 0.3 is 0 Å². The lowest BCUT2D eigenvalue weighted by molar-refractivity contribution is -0.384. The minimum absolute atomic E-state index is 0.0535. The van der Waals surface area contributed by atoms with Crippen molar-refractivity contribution in [2.75, 3.05) is 13.7 Å². The third kappa shape index (κ3) is 4.47. The lowest BCUT2D eigenvalue weighted by atomic mass is 10.1. The smallest absolute Gasteiger partial charge is 0.269 e. The molecule has 1 N–H and O–H groups in total. The number of nitrogens with zero attached hydrogens (tertiary/aromatic N) is 1. The number of amides is 1. The molecule has 7 heteroatoms. The molecule has 20 heavy (non-hydrogen) atoms. The summed E-state index contributed by atoms with van der Waals surface area (Å²) >= 11 is 6.12. The highest BCUT2D eigenvalue weighted by molar-refractivity contribution is 6.21. The highest BCUT2D eigenvalue weighted by Crippen LogP contribution is 2.12. The molecule has 6 nitrogen and oxygen atoms in total. The van der Waals surface area contributed by atoms with Gasteiger partial charge in [0.25, 0.3) is 11.6 Å². The third-order valence-electron chi connectivity index (χ3n) is 2.91. The fraction of sp³-hybridized carbons (Fsp3) is 0.462. The first-order chi connectivity index (χ1) is 9.49. The number of benzene rings is 1. The van der Waals surface area contributed by atoms with Crippen LogP contribution in [0.15, 0.2) is 24.3 Å². The largest absolute Gasteiger partial charge is 0.380 e. The number of alkyl halides is 1. The Labute approximate surface area is 122 Å². The van der Waals surface area contributed by atoms with Crippen LogP contribution in [-0.4, -0.2) is 36.0 Å². The molecule has 2 atom stereocenters. The number of nitrogens with one attached hydrogen (secondary N) is 1. The maximum Gasteiger partial charge on any atom is 0.269 e. The molecule has 0 radical (unpaired) electrons. The number of methoxy groups -OCH3 is 1. The van der Waals surface area contributed by atoms with Gasteiger partial charge in [0.15, 0.2) is 0 Å². The lowest BCUT2D eigenvalue weighted by Gasteiger charge is -2.19. The van der Waals surface area contributed by atoms with Crippen LogP contribution in [0.3, 0.4) is 0 Å². The van der Waals surface area contributed by atoms with Crippen LogP contribution in [0.1, 0.15) is 23.7 Å². The molecule has 1 aromatic carbocycles. The van der Waals surface area contributed by atoms with Crippen molar-refractivity contribution in [2.24, 2.45) is 0 Å². The fourth-order valence-corrected chi connectivity index (χ4v) is 2.09. The summed E-state index contributed by atoms with van der Waals surface area (Å²) in [6.07, 6.45) is 0.617. The Morgan fingerprint density at radius 3 is 2.50 bits per heavy atom. The summed E-state index contributed by atoms with van der Waals surface area (Å²) in [7, 11) is 1.57. The molecular weight excluding hydrogens is 284 g/mol. The second kappa shape index (κ2) is 7.81. The fourth-order valence-electron chi connectivity index (χ4n) is 1.73. The first-order valence-electron chi connectivity index (χ1n) is 6.19. The van der Waals surface area contributed by atoms with Gasteiger partial charge in [-0.05, 0) is 18.6 Å². The summed E-state index contributed by atoms with van der Waals surface area (Å²) in [6.45, 7) is 2.21. The Bertz CT molecular complexity index is 460. The van der Waals surface area contributed by atoms with E-state index >= 15 is 0 Å². The van der Waals surface area contributed by atoms with Gasteiger partial charge in [0, 0.05) is 31.4 Å². The van der Waals surface area contributed by atoms with E-state index in [0.717, 1.165) is 6.42 Å².